The molecule has 0 aliphatic carbocycles. The van der Waals surface area contributed by atoms with Crippen LogP contribution >= 0.6 is 24.4 Å². The van der Waals surface area contributed by atoms with E-state index in [2.05, 4.69) is 17.2 Å². The van der Waals surface area contributed by atoms with Crippen molar-refractivity contribution in [2.45, 2.75) is 30.3 Å². The number of hydrogen-bond donors (Lipinski definition) is 3. The lowest BCUT2D eigenvalue weighted by atomic mass is 9.95. The highest BCUT2D eigenvalue weighted by atomic mass is 32.1. The molecule has 22 heavy (non-hydrogen) atoms. The van der Waals surface area contributed by atoms with Gasteiger partial charge in [-0.05, 0) is 12.2 Å². The number of hydrogen-bond acceptors (Lipinski definition) is 5. The minimum Gasteiger partial charge on any atom is -0.394 e. The average Bonchev–Trinajstić information content (AvgIpc) is 2.67. The summed E-state index contributed by atoms with van der Waals surface area (Å²) in [6.07, 6.45) is -12.2. The molecule has 0 amide bonds. The summed E-state index contributed by atoms with van der Waals surface area (Å²) < 4.78 is 71.3. The Morgan fingerprint density at radius 1 is 1.41 bits per heavy atom. The highest BCUT2D eigenvalue weighted by molar-refractivity contribution is 7.72. The van der Waals surface area contributed by atoms with Gasteiger partial charge in [-0.25, -0.2) is 8.78 Å². The van der Waals surface area contributed by atoms with Gasteiger partial charge in [-0.15, -0.1) is 0 Å². The van der Waals surface area contributed by atoms with Gasteiger partial charge in [0.1, 0.15) is 16.8 Å². The first-order valence-electron chi connectivity index (χ1n) is 5.75. The molecule has 124 valence electrons. The van der Waals surface area contributed by atoms with Gasteiger partial charge in [-0.2, -0.15) is 13.2 Å². The van der Waals surface area contributed by atoms with E-state index in [9.17, 15) is 27.1 Å². The van der Waals surface area contributed by atoms with Gasteiger partial charge >= 0.3 is 6.18 Å². The topological polar surface area (TPSA) is 70.4 Å². The van der Waals surface area contributed by atoms with E-state index in [0.29, 0.717) is 10.8 Å². The van der Waals surface area contributed by atoms with Crippen molar-refractivity contribution < 1.29 is 36.9 Å². The third-order valence-corrected chi connectivity index (χ3v) is 3.85. The van der Waals surface area contributed by atoms with Crippen LogP contribution in [0.5, 0.6) is 0 Å². The van der Waals surface area contributed by atoms with Gasteiger partial charge in [0.2, 0.25) is 0 Å². The summed E-state index contributed by atoms with van der Waals surface area (Å²) in [6.45, 7) is -1.07. The number of aromatic nitrogens is 2. The third-order valence-electron chi connectivity index (χ3n) is 3.24. The number of nitrogens with one attached hydrogen (secondary N) is 1. The Bertz CT molecular complexity index is 690. The summed E-state index contributed by atoms with van der Waals surface area (Å²) in [7, 11) is 0. The molecule has 0 aromatic carbocycles. The van der Waals surface area contributed by atoms with Crippen LogP contribution in [0.1, 0.15) is 6.23 Å². The molecule has 2 heterocycles. The monoisotopic (exact) mass is 364 g/mol. The maximum absolute atomic E-state index is 14.6. The van der Waals surface area contributed by atoms with Gasteiger partial charge < -0.3 is 19.9 Å². The molecule has 1 saturated heterocycles. The van der Waals surface area contributed by atoms with E-state index in [-0.39, 0.29) is 0 Å². The molecule has 3 N–H and O–H groups in total. The molecule has 0 spiro atoms. The standard InChI is InChI=1S/C10H9F5N2O3S2/c11-3-1-17(8(22)16-6(3)21)7-9(12,10(13,14)15)5(19)4(2-18)20-7/h1,4-5,7,18-19H,2H2,(H,16,21,22)/t4-,5?,7-,9-/m1/s1. The summed E-state index contributed by atoms with van der Waals surface area (Å²) in [5.41, 5.74) is -4.29. The molecule has 12 heteroatoms. The number of rotatable bonds is 2. The van der Waals surface area contributed by atoms with Gasteiger partial charge in [0.15, 0.2) is 16.8 Å². The Morgan fingerprint density at radius 3 is 2.50 bits per heavy atom. The predicted molar refractivity (Wildman–Crippen MR) is 67.3 cm³/mol. The van der Waals surface area contributed by atoms with Gasteiger partial charge in [0, 0.05) is 6.20 Å². The maximum atomic E-state index is 14.6. The van der Waals surface area contributed by atoms with Crippen LogP contribution in [0, 0.1) is 15.2 Å². The summed E-state index contributed by atoms with van der Waals surface area (Å²) in [6, 6.07) is 0. The smallest absolute Gasteiger partial charge is 0.394 e. The van der Waals surface area contributed by atoms with E-state index in [1.807, 2.05) is 0 Å². The maximum Gasteiger partial charge on any atom is 0.429 e. The van der Waals surface area contributed by atoms with E-state index < -0.39 is 52.1 Å². The summed E-state index contributed by atoms with van der Waals surface area (Å²) in [5, 5.41) is 18.5. The molecule has 1 aliphatic heterocycles. The van der Waals surface area contributed by atoms with E-state index in [1.165, 1.54) is 0 Å². The molecule has 0 bridgehead atoms. The molecule has 5 nitrogen and oxygen atoms in total. The Labute approximate surface area is 130 Å². The van der Waals surface area contributed by atoms with Crippen LogP contribution < -0.4 is 0 Å². The van der Waals surface area contributed by atoms with Crippen LogP contribution in [0.15, 0.2) is 6.20 Å². The molecule has 1 unspecified atom stereocenters. The fourth-order valence-corrected chi connectivity index (χ4v) is 2.57. The SMILES string of the molecule is OC[C@H]1O[C@@H](n2cc(F)c(=S)[nH]c2=S)[C@@](F)(C(F)(F)F)C1O. The first kappa shape index (κ1) is 17.4. The Morgan fingerprint density at radius 2 is 2.00 bits per heavy atom. The van der Waals surface area contributed by atoms with E-state index >= 15 is 0 Å². The van der Waals surface area contributed by atoms with Crippen LogP contribution in [-0.4, -0.2) is 50.4 Å². The number of nitrogens with zero attached hydrogens (tertiary/aromatic N) is 1. The highest BCUT2D eigenvalue weighted by Gasteiger charge is 2.72. The molecule has 0 saturated carbocycles. The molecular weight excluding hydrogens is 355 g/mol. The van der Waals surface area contributed by atoms with E-state index in [4.69, 9.17) is 22.1 Å². The van der Waals surface area contributed by atoms with Crippen molar-refractivity contribution in [1.82, 2.24) is 9.55 Å². The van der Waals surface area contributed by atoms with Crippen molar-refractivity contribution in [3.8, 4) is 0 Å². The number of aliphatic hydroxyl groups is 2. The van der Waals surface area contributed by atoms with Crippen LogP contribution in [0.4, 0.5) is 22.0 Å². The van der Waals surface area contributed by atoms with Gasteiger partial charge in [0.25, 0.3) is 5.67 Å². The molecule has 4 atom stereocenters. The first-order chi connectivity index (χ1) is 10.0. The number of aliphatic hydroxyl groups excluding tert-OH is 2. The summed E-state index contributed by atoms with van der Waals surface area (Å²) in [5.74, 6) is -1.15. The minimum atomic E-state index is -5.56. The Balaban J connectivity index is 2.65. The number of halogens is 5. The van der Waals surface area contributed by atoms with E-state index in [0.717, 1.165) is 0 Å². The van der Waals surface area contributed by atoms with Crippen LogP contribution in [0.2, 0.25) is 0 Å². The molecular formula is C10H9F5N2O3S2. The zero-order valence-electron chi connectivity index (χ0n) is 10.5. The lowest BCUT2D eigenvalue weighted by Gasteiger charge is -2.31. The Hall–Kier alpha value is -0.950. The highest BCUT2D eigenvalue weighted by Crippen LogP contribution is 2.51. The number of ether oxygens (including phenoxy) is 1. The second kappa shape index (κ2) is 5.60. The number of H-pyrrole nitrogens is 1. The van der Waals surface area contributed by atoms with Crippen molar-refractivity contribution in [3.63, 3.8) is 0 Å². The predicted octanol–water partition coefficient (Wildman–Crippen LogP) is 1.94. The quantitative estimate of drug-likeness (QED) is 0.553. The Kier molecular flexibility index (Phi) is 4.43. The second-order valence-corrected chi connectivity index (χ2v) is 5.36. The summed E-state index contributed by atoms with van der Waals surface area (Å²) >= 11 is 9.21. The molecule has 0 radical (unpaired) electrons. The van der Waals surface area contributed by atoms with Crippen LogP contribution in [0.25, 0.3) is 0 Å². The van der Waals surface area contributed by atoms with Crippen molar-refractivity contribution in [3.05, 3.63) is 21.4 Å². The lowest BCUT2D eigenvalue weighted by molar-refractivity contribution is -0.274. The molecule has 1 aromatic rings. The van der Waals surface area contributed by atoms with Gasteiger partial charge in [0.05, 0.1) is 6.61 Å². The summed E-state index contributed by atoms with van der Waals surface area (Å²) in [4.78, 5) is 2.08. The van der Waals surface area contributed by atoms with Crippen LogP contribution in [-0.2, 0) is 4.74 Å². The molecule has 1 aliphatic rings. The van der Waals surface area contributed by atoms with Crippen molar-refractivity contribution in [1.29, 1.82) is 0 Å². The van der Waals surface area contributed by atoms with Crippen molar-refractivity contribution in [2.24, 2.45) is 0 Å². The zero-order chi connectivity index (χ0) is 16.9. The first-order valence-corrected chi connectivity index (χ1v) is 6.56. The fraction of sp³-hybridized carbons (Fsp3) is 0.600. The molecule has 2 rings (SSSR count). The number of alkyl halides is 4. The molecule has 1 aromatic heterocycles. The second-order valence-electron chi connectivity index (χ2n) is 4.56. The van der Waals surface area contributed by atoms with Crippen LogP contribution in [0.3, 0.4) is 0 Å². The number of aromatic amines is 1. The van der Waals surface area contributed by atoms with E-state index in [1.54, 1.807) is 0 Å². The van der Waals surface area contributed by atoms with Gasteiger partial charge in [-0.1, -0.05) is 12.2 Å². The third kappa shape index (κ3) is 2.48. The zero-order valence-corrected chi connectivity index (χ0v) is 12.1. The normalized spacial score (nSPS) is 32.4. The van der Waals surface area contributed by atoms with Crippen molar-refractivity contribution in [2.75, 3.05) is 6.61 Å². The van der Waals surface area contributed by atoms with Crippen molar-refractivity contribution >= 4 is 24.4 Å². The fourth-order valence-electron chi connectivity index (χ4n) is 2.11. The van der Waals surface area contributed by atoms with Gasteiger partial charge in [-0.3, -0.25) is 4.57 Å². The largest absolute Gasteiger partial charge is 0.429 e. The average molecular weight is 364 g/mol. The molecule has 1 fully saturated rings. The minimum absolute atomic E-state index is 0.326. The lowest BCUT2D eigenvalue weighted by Crippen LogP contribution is -2.54.